The second kappa shape index (κ2) is 11.9. The van der Waals surface area contributed by atoms with Gasteiger partial charge in [-0.2, -0.15) is 5.10 Å². The number of hydrogen-bond donors (Lipinski definition) is 3. The van der Waals surface area contributed by atoms with Crippen molar-refractivity contribution < 1.29 is 9.90 Å². The Kier molecular flexibility index (Phi) is 7.92. The second-order valence-electron chi connectivity index (χ2n) is 9.32. The Bertz CT molecular complexity index is 1400. The molecular weight excluding hydrogens is 476 g/mol. The van der Waals surface area contributed by atoms with Crippen molar-refractivity contribution in [3.63, 3.8) is 0 Å². The monoisotopic (exact) mass is 508 g/mol. The van der Waals surface area contributed by atoms with Crippen molar-refractivity contribution in [2.24, 2.45) is 4.99 Å². The molecule has 3 aromatic carbocycles. The van der Waals surface area contributed by atoms with Crippen molar-refractivity contribution in [3.05, 3.63) is 108 Å². The molecule has 1 amide bonds. The van der Waals surface area contributed by atoms with E-state index in [9.17, 15) is 9.90 Å². The second-order valence-corrected chi connectivity index (χ2v) is 9.32. The molecule has 1 atom stereocenters. The van der Waals surface area contributed by atoms with Gasteiger partial charge in [-0.15, -0.1) is 0 Å². The van der Waals surface area contributed by atoms with Crippen molar-refractivity contribution in [1.29, 1.82) is 0 Å². The number of para-hydroxylation sites is 1. The first kappa shape index (κ1) is 25.4. The molecule has 4 aromatic rings. The zero-order valence-corrected chi connectivity index (χ0v) is 21.4. The number of benzene rings is 3. The number of amides is 1. The summed E-state index contributed by atoms with van der Waals surface area (Å²) >= 11 is 0. The van der Waals surface area contributed by atoms with Gasteiger partial charge >= 0.3 is 0 Å². The van der Waals surface area contributed by atoms with E-state index in [2.05, 4.69) is 27.9 Å². The maximum atomic E-state index is 13.4. The smallest absolute Gasteiger partial charge is 0.264 e. The van der Waals surface area contributed by atoms with E-state index in [4.69, 9.17) is 4.99 Å². The fraction of sp³-hybridized carbons (Fsp3) is 0.233. The van der Waals surface area contributed by atoms with Crippen LogP contribution in [0, 0.1) is 0 Å². The number of likely N-dealkylation sites (N-methyl/N-ethyl adjacent to an activating group) is 1. The first-order valence-corrected chi connectivity index (χ1v) is 12.9. The Labute approximate surface area is 222 Å². The number of anilines is 2. The highest BCUT2D eigenvalue weighted by Gasteiger charge is 2.29. The van der Waals surface area contributed by atoms with E-state index in [0.29, 0.717) is 6.54 Å². The molecule has 2 heterocycles. The van der Waals surface area contributed by atoms with Crippen LogP contribution in [0.5, 0.6) is 0 Å². The zero-order chi connectivity index (χ0) is 26.3. The van der Waals surface area contributed by atoms with Crippen LogP contribution in [0.1, 0.15) is 29.5 Å². The van der Waals surface area contributed by atoms with E-state index >= 15 is 0 Å². The summed E-state index contributed by atoms with van der Waals surface area (Å²) in [7, 11) is 1.92. The van der Waals surface area contributed by atoms with Gasteiger partial charge in [-0.05, 0) is 49.7 Å². The van der Waals surface area contributed by atoms with Crippen LogP contribution in [0.2, 0.25) is 0 Å². The molecule has 1 aliphatic heterocycles. The van der Waals surface area contributed by atoms with Crippen molar-refractivity contribution in [1.82, 2.24) is 14.7 Å². The molecule has 38 heavy (non-hydrogen) atoms. The van der Waals surface area contributed by atoms with Gasteiger partial charge in [0.15, 0.2) is 6.17 Å². The van der Waals surface area contributed by atoms with Crippen LogP contribution >= 0.6 is 0 Å². The quantitative estimate of drug-likeness (QED) is 0.278. The first-order valence-electron chi connectivity index (χ1n) is 12.9. The van der Waals surface area contributed by atoms with E-state index in [1.807, 2.05) is 89.6 Å². The summed E-state index contributed by atoms with van der Waals surface area (Å²) in [6, 6.07) is 25.8. The highest BCUT2D eigenvalue weighted by Crippen LogP contribution is 2.27. The number of carbonyl (C=O) groups is 1. The number of aromatic nitrogens is 2. The average molecular weight is 509 g/mol. The van der Waals surface area contributed by atoms with Gasteiger partial charge in [0.2, 0.25) is 0 Å². The normalized spacial score (nSPS) is 15.0. The summed E-state index contributed by atoms with van der Waals surface area (Å²) in [5.41, 5.74) is 6.35. The molecule has 194 valence electrons. The van der Waals surface area contributed by atoms with Crippen LogP contribution in [-0.4, -0.2) is 57.8 Å². The summed E-state index contributed by atoms with van der Waals surface area (Å²) in [5, 5.41) is 20.1. The predicted octanol–water partition coefficient (Wildman–Crippen LogP) is 4.30. The third-order valence-electron chi connectivity index (χ3n) is 6.57. The fourth-order valence-electron chi connectivity index (χ4n) is 4.62. The third-order valence-corrected chi connectivity index (χ3v) is 6.57. The number of rotatable bonds is 10. The van der Waals surface area contributed by atoms with Gasteiger partial charge in [-0.1, -0.05) is 54.6 Å². The number of nitrogens with zero attached hydrogens (tertiary/aromatic N) is 4. The topological polar surface area (TPSA) is 94.8 Å². The van der Waals surface area contributed by atoms with Crippen LogP contribution in [0.15, 0.2) is 96.2 Å². The molecule has 0 saturated carbocycles. The minimum Gasteiger partial charge on any atom is -0.396 e. The summed E-state index contributed by atoms with van der Waals surface area (Å²) in [5.74, 6) is -0.170. The Morgan fingerprint density at radius 1 is 1.03 bits per heavy atom. The van der Waals surface area contributed by atoms with Crippen LogP contribution in [0.25, 0.3) is 5.69 Å². The van der Waals surface area contributed by atoms with Crippen LogP contribution in [0.4, 0.5) is 11.4 Å². The van der Waals surface area contributed by atoms with Crippen molar-refractivity contribution >= 4 is 23.0 Å². The molecule has 0 spiro atoms. The Balaban J connectivity index is 1.46. The molecular formula is C30H32N6O2. The van der Waals surface area contributed by atoms with Crippen LogP contribution < -0.4 is 10.6 Å². The minimum absolute atomic E-state index is 0.170. The van der Waals surface area contributed by atoms with Gasteiger partial charge in [0.1, 0.15) is 0 Å². The molecule has 3 N–H and O–H groups in total. The highest BCUT2D eigenvalue weighted by atomic mass is 16.3. The third kappa shape index (κ3) is 5.66. The lowest BCUT2D eigenvalue weighted by Crippen LogP contribution is -2.40. The lowest BCUT2D eigenvalue weighted by Gasteiger charge is -2.25. The molecule has 5 rings (SSSR count). The zero-order valence-electron chi connectivity index (χ0n) is 21.4. The molecule has 1 aromatic heterocycles. The molecule has 1 unspecified atom stereocenters. The van der Waals surface area contributed by atoms with E-state index in [1.165, 1.54) is 0 Å². The summed E-state index contributed by atoms with van der Waals surface area (Å²) < 4.78 is 1.82. The molecule has 0 saturated heterocycles. The Morgan fingerprint density at radius 3 is 2.63 bits per heavy atom. The molecule has 0 radical (unpaired) electrons. The number of aliphatic imine (C=N–C) groups is 1. The number of nitrogens with one attached hydrogen (secondary N) is 2. The van der Waals surface area contributed by atoms with Crippen LogP contribution in [-0.2, 0) is 11.3 Å². The Hall–Kier alpha value is -4.27. The maximum absolute atomic E-state index is 13.4. The lowest BCUT2D eigenvalue weighted by atomic mass is 10.0. The van der Waals surface area contributed by atoms with E-state index in [0.717, 1.165) is 58.9 Å². The van der Waals surface area contributed by atoms with E-state index in [1.54, 1.807) is 6.20 Å². The van der Waals surface area contributed by atoms with Gasteiger partial charge in [0.05, 0.1) is 17.1 Å². The first-order chi connectivity index (χ1) is 18.6. The number of unbranched alkanes of at least 4 members (excludes halogenated alkanes) is 1. The van der Waals surface area contributed by atoms with Crippen molar-refractivity contribution in [2.45, 2.75) is 25.6 Å². The largest absolute Gasteiger partial charge is 0.396 e. The number of fused-ring (bicyclic) bond motifs is 1. The molecule has 0 bridgehead atoms. The number of benzodiazepines with no additional fused rings is 1. The summed E-state index contributed by atoms with van der Waals surface area (Å²) in [4.78, 5) is 20.4. The summed E-state index contributed by atoms with van der Waals surface area (Å²) in [6.45, 7) is 1.41. The number of carbonyl (C=O) groups excluding carboxylic acids is 1. The lowest BCUT2D eigenvalue weighted by molar-refractivity contribution is -0.120. The number of hydrogen-bond acceptors (Lipinski definition) is 6. The molecule has 1 aliphatic rings. The summed E-state index contributed by atoms with van der Waals surface area (Å²) in [6.07, 6.45) is 4.53. The highest BCUT2D eigenvalue weighted by molar-refractivity contribution is 6.19. The van der Waals surface area contributed by atoms with Gasteiger partial charge in [0, 0.05) is 48.9 Å². The van der Waals surface area contributed by atoms with E-state index in [-0.39, 0.29) is 12.5 Å². The molecule has 0 aliphatic carbocycles. The Morgan fingerprint density at radius 2 is 1.84 bits per heavy atom. The van der Waals surface area contributed by atoms with Crippen molar-refractivity contribution in [2.75, 3.05) is 30.8 Å². The van der Waals surface area contributed by atoms with Gasteiger partial charge in [-0.3, -0.25) is 14.7 Å². The SMILES string of the molecule is CN(Cc1ccc(-n2cccn2)cc1NCCCCO)C1N=C(c2ccccc2)c2ccccc2NC1=O. The molecule has 0 fully saturated rings. The maximum Gasteiger partial charge on any atom is 0.264 e. The molecule has 8 heteroatoms. The number of aliphatic hydroxyl groups is 1. The number of aliphatic hydroxyl groups excluding tert-OH is 1. The van der Waals surface area contributed by atoms with Gasteiger partial charge in [-0.25, -0.2) is 4.68 Å². The fourth-order valence-corrected chi connectivity index (χ4v) is 4.62. The standard InChI is InChI=1S/C30H32N6O2/c1-35(21-23-14-15-24(36-18-9-17-32-36)20-27(23)31-16-7-8-19-37)29-30(38)33-26-13-6-5-12-25(26)28(34-29)22-10-3-2-4-11-22/h2-6,9-15,17-18,20,29,31,37H,7-8,16,19,21H2,1H3,(H,33,38). The van der Waals surface area contributed by atoms with Crippen LogP contribution in [0.3, 0.4) is 0 Å². The average Bonchev–Trinajstić information content (AvgIpc) is 3.43. The van der Waals surface area contributed by atoms with Gasteiger partial charge < -0.3 is 15.7 Å². The van der Waals surface area contributed by atoms with Gasteiger partial charge in [0.25, 0.3) is 5.91 Å². The van der Waals surface area contributed by atoms with E-state index < -0.39 is 6.17 Å². The minimum atomic E-state index is -0.717. The predicted molar refractivity (Wildman–Crippen MR) is 151 cm³/mol. The molecule has 8 nitrogen and oxygen atoms in total. The van der Waals surface area contributed by atoms with Crippen molar-refractivity contribution in [3.8, 4) is 5.69 Å².